The van der Waals surface area contributed by atoms with Crippen LogP contribution in [0.4, 0.5) is 10.6 Å². The third kappa shape index (κ3) is 2.73. The van der Waals surface area contributed by atoms with Crippen LogP contribution in [-0.4, -0.2) is 15.2 Å². The molecule has 0 bridgehead atoms. The Morgan fingerprint density at radius 1 is 1.00 bits per heavy atom. The van der Waals surface area contributed by atoms with Gasteiger partial charge in [-0.15, -0.1) is 0 Å². The molecule has 1 unspecified atom stereocenters. The summed E-state index contributed by atoms with van der Waals surface area (Å²) in [4.78, 5) is 37.6. The third-order valence-electron chi connectivity index (χ3n) is 4.18. The minimum Gasteiger partial charge on any atom is -0.326 e. The molecule has 0 radical (unpaired) electrons. The van der Waals surface area contributed by atoms with E-state index in [1.807, 2.05) is 0 Å². The molecular weight excluding hydrogens is 367 g/mol. The van der Waals surface area contributed by atoms with E-state index in [1.54, 1.807) is 32.0 Å². The van der Waals surface area contributed by atoms with E-state index in [2.05, 4.69) is 10.6 Å². The first-order valence-electron chi connectivity index (χ1n) is 7.79. The number of carbonyl (C=O) groups is 1. The fraction of sp³-hybridized carbons (Fsp3) is 0.312. The predicted molar refractivity (Wildman–Crippen MR) is 96.8 cm³/mol. The fourth-order valence-electron chi connectivity index (χ4n) is 3.04. The second-order valence-corrected chi connectivity index (χ2v) is 6.32. The van der Waals surface area contributed by atoms with E-state index in [-0.39, 0.29) is 17.9 Å². The first-order valence-corrected chi connectivity index (χ1v) is 8.55. The van der Waals surface area contributed by atoms with Crippen molar-refractivity contribution in [3.05, 3.63) is 60.2 Å². The van der Waals surface area contributed by atoms with Crippen molar-refractivity contribution in [2.24, 2.45) is 0 Å². The number of halogens is 2. The molecule has 2 heterocycles. The molecule has 2 amide bonds. The van der Waals surface area contributed by atoms with Crippen molar-refractivity contribution in [1.29, 1.82) is 0 Å². The number of anilines is 1. The number of fused-ring (bicyclic) bond motifs is 1. The molecule has 9 heteroatoms. The van der Waals surface area contributed by atoms with Crippen LogP contribution in [0.3, 0.4) is 0 Å². The standard InChI is InChI=1S/C16H16Cl2N4O3/c1-3-21-13-11(14(23)22(4-2)16(21)25)12(19-15(24)20-13)10-8(17)6-5-7-9(10)18/h5-7,12H,3-4H2,1-2H3,(H2,19,20,24). The number of nitrogens with zero attached hydrogens (tertiary/aromatic N) is 2. The van der Waals surface area contributed by atoms with Gasteiger partial charge in [0, 0.05) is 28.7 Å². The third-order valence-corrected chi connectivity index (χ3v) is 4.84. The molecule has 0 fully saturated rings. The minimum atomic E-state index is -0.853. The number of hydrogen-bond acceptors (Lipinski definition) is 3. The summed E-state index contributed by atoms with van der Waals surface area (Å²) in [7, 11) is 0. The van der Waals surface area contributed by atoms with Gasteiger partial charge in [-0.3, -0.25) is 19.2 Å². The van der Waals surface area contributed by atoms with E-state index in [1.165, 1.54) is 4.57 Å². The van der Waals surface area contributed by atoms with E-state index in [0.29, 0.717) is 22.2 Å². The van der Waals surface area contributed by atoms with Crippen molar-refractivity contribution in [2.75, 3.05) is 5.32 Å². The summed E-state index contributed by atoms with van der Waals surface area (Å²) in [5.41, 5.74) is -0.304. The maximum Gasteiger partial charge on any atom is 0.332 e. The van der Waals surface area contributed by atoms with Crippen molar-refractivity contribution in [2.45, 2.75) is 33.0 Å². The second-order valence-electron chi connectivity index (χ2n) is 5.51. The van der Waals surface area contributed by atoms with Gasteiger partial charge >= 0.3 is 11.7 Å². The van der Waals surface area contributed by atoms with Gasteiger partial charge < -0.3 is 5.32 Å². The lowest BCUT2D eigenvalue weighted by Crippen LogP contribution is -2.50. The Balaban J connectivity index is 2.41. The minimum absolute atomic E-state index is 0.173. The number of rotatable bonds is 3. The highest BCUT2D eigenvalue weighted by Gasteiger charge is 2.34. The van der Waals surface area contributed by atoms with Gasteiger partial charge in [0.2, 0.25) is 0 Å². The Labute approximate surface area is 153 Å². The summed E-state index contributed by atoms with van der Waals surface area (Å²) in [5.74, 6) is 0.173. The maximum absolute atomic E-state index is 12.9. The van der Waals surface area contributed by atoms with Crippen LogP contribution in [0, 0.1) is 0 Å². The van der Waals surface area contributed by atoms with Gasteiger partial charge in [0.1, 0.15) is 5.82 Å². The van der Waals surface area contributed by atoms with Crippen LogP contribution < -0.4 is 21.9 Å². The van der Waals surface area contributed by atoms with E-state index in [0.717, 1.165) is 4.57 Å². The predicted octanol–water partition coefficient (Wildman–Crippen LogP) is 2.58. The van der Waals surface area contributed by atoms with Crippen LogP contribution >= 0.6 is 23.2 Å². The first-order chi connectivity index (χ1) is 11.9. The van der Waals surface area contributed by atoms with Crippen molar-refractivity contribution in [3.8, 4) is 0 Å². The van der Waals surface area contributed by atoms with Gasteiger partial charge in [0.25, 0.3) is 5.56 Å². The first kappa shape index (κ1) is 17.6. The summed E-state index contributed by atoms with van der Waals surface area (Å²) in [6, 6.07) is 3.54. The molecule has 1 aliphatic rings. The molecule has 3 rings (SSSR count). The lowest BCUT2D eigenvalue weighted by molar-refractivity contribution is 0.248. The molecule has 25 heavy (non-hydrogen) atoms. The summed E-state index contributed by atoms with van der Waals surface area (Å²) < 4.78 is 2.48. The van der Waals surface area contributed by atoms with E-state index in [9.17, 15) is 14.4 Å². The summed E-state index contributed by atoms with van der Waals surface area (Å²) in [5, 5.41) is 5.89. The van der Waals surface area contributed by atoms with Crippen molar-refractivity contribution in [3.63, 3.8) is 0 Å². The summed E-state index contributed by atoms with van der Waals surface area (Å²) in [6.45, 7) is 3.98. The zero-order valence-corrected chi connectivity index (χ0v) is 15.1. The zero-order valence-electron chi connectivity index (χ0n) is 13.6. The molecule has 7 nitrogen and oxygen atoms in total. The fourth-order valence-corrected chi connectivity index (χ4v) is 3.65. The highest BCUT2D eigenvalue weighted by Crippen LogP contribution is 2.36. The lowest BCUT2D eigenvalue weighted by atomic mass is 9.98. The highest BCUT2D eigenvalue weighted by atomic mass is 35.5. The second kappa shape index (κ2) is 6.57. The molecule has 1 aliphatic heterocycles. The SMILES string of the molecule is CCn1c2c(c(=O)n(CC)c1=O)C(c1c(Cl)cccc1Cl)NC(=O)N2. The van der Waals surface area contributed by atoms with E-state index < -0.39 is 23.3 Å². The number of amides is 2. The number of carbonyl (C=O) groups excluding carboxylic acids is 1. The van der Waals surface area contributed by atoms with Crippen LogP contribution in [0.5, 0.6) is 0 Å². The largest absolute Gasteiger partial charge is 0.332 e. The molecule has 2 aromatic rings. The van der Waals surface area contributed by atoms with Gasteiger partial charge in [0.15, 0.2) is 0 Å². The van der Waals surface area contributed by atoms with Crippen LogP contribution in [0.1, 0.15) is 31.0 Å². The molecule has 0 aliphatic carbocycles. The number of urea groups is 1. The van der Waals surface area contributed by atoms with Gasteiger partial charge in [-0.1, -0.05) is 29.3 Å². The Morgan fingerprint density at radius 3 is 2.16 bits per heavy atom. The molecular formula is C16H16Cl2N4O3. The molecule has 0 spiro atoms. The van der Waals surface area contributed by atoms with E-state index in [4.69, 9.17) is 23.2 Å². The van der Waals surface area contributed by atoms with Crippen molar-refractivity contribution >= 4 is 35.1 Å². The topological polar surface area (TPSA) is 85.1 Å². The van der Waals surface area contributed by atoms with Crippen LogP contribution in [-0.2, 0) is 13.1 Å². The molecule has 0 saturated heterocycles. The average molecular weight is 383 g/mol. The van der Waals surface area contributed by atoms with Gasteiger partial charge in [0.05, 0.1) is 11.6 Å². The highest BCUT2D eigenvalue weighted by molar-refractivity contribution is 6.36. The molecule has 2 N–H and O–H groups in total. The summed E-state index contributed by atoms with van der Waals surface area (Å²) >= 11 is 12.5. The van der Waals surface area contributed by atoms with Crippen LogP contribution in [0.2, 0.25) is 10.0 Å². The van der Waals surface area contributed by atoms with Gasteiger partial charge in [-0.2, -0.15) is 0 Å². The number of hydrogen-bond donors (Lipinski definition) is 2. The Morgan fingerprint density at radius 2 is 1.60 bits per heavy atom. The zero-order chi connectivity index (χ0) is 18.3. The lowest BCUT2D eigenvalue weighted by Gasteiger charge is -2.30. The molecule has 1 aromatic heterocycles. The van der Waals surface area contributed by atoms with Crippen LogP contribution in [0.25, 0.3) is 0 Å². The smallest absolute Gasteiger partial charge is 0.326 e. The molecule has 0 saturated carbocycles. The average Bonchev–Trinajstić information content (AvgIpc) is 2.55. The Kier molecular flexibility index (Phi) is 4.62. The van der Waals surface area contributed by atoms with Gasteiger partial charge in [-0.05, 0) is 26.0 Å². The summed E-state index contributed by atoms with van der Waals surface area (Å²) in [6.07, 6.45) is 0. The molecule has 1 aromatic carbocycles. The Bertz CT molecular complexity index is 960. The molecule has 1 atom stereocenters. The van der Waals surface area contributed by atoms with Gasteiger partial charge in [-0.25, -0.2) is 9.59 Å². The van der Waals surface area contributed by atoms with E-state index >= 15 is 0 Å². The van der Waals surface area contributed by atoms with Crippen LogP contribution in [0.15, 0.2) is 27.8 Å². The number of benzene rings is 1. The number of aromatic nitrogens is 2. The van der Waals surface area contributed by atoms with Crippen molar-refractivity contribution < 1.29 is 4.79 Å². The monoisotopic (exact) mass is 382 g/mol. The van der Waals surface area contributed by atoms with Crippen molar-refractivity contribution in [1.82, 2.24) is 14.5 Å². The Hall–Kier alpha value is -2.25. The normalized spacial score (nSPS) is 16.2. The quantitative estimate of drug-likeness (QED) is 0.855. The molecule has 132 valence electrons. The number of nitrogens with one attached hydrogen (secondary N) is 2. The maximum atomic E-state index is 12.9.